The molecule has 0 spiro atoms. The van der Waals surface area contributed by atoms with E-state index in [1.54, 1.807) is 19.1 Å². The van der Waals surface area contributed by atoms with Gasteiger partial charge in [0.05, 0.1) is 4.90 Å². The van der Waals surface area contributed by atoms with Crippen LogP contribution in [-0.2, 0) is 16.6 Å². The number of nitrogens with one attached hydrogen (secondary N) is 1. The minimum absolute atomic E-state index is 0.105. The van der Waals surface area contributed by atoms with Gasteiger partial charge in [-0.2, -0.15) is 0 Å². The lowest BCUT2D eigenvalue weighted by Crippen LogP contribution is -2.48. The summed E-state index contributed by atoms with van der Waals surface area (Å²) >= 11 is 0. The summed E-state index contributed by atoms with van der Waals surface area (Å²) < 4.78 is 27.1. The van der Waals surface area contributed by atoms with Gasteiger partial charge in [-0.25, -0.2) is 13.1 Å². The van der Waals surface area contributed by atoms with E-state index in [1.807, 2.05) is 11.8 Å². The highest BCUT2D eigenvalue weighted by Crippen LogP contribution is 2.19. The first-order valence-corrected chi connectivity index (χ1v) is 11.5. The van der Waals surface area contributed by atoms with Gasteiger partial charge in [0.1, 0.15) is 0 Å². The number of hydrogen-bond acceptors (Lipinski definition) is 4. The monoisotopic (exact) mass is 415 g/mol. The minimum Gasteiger partial charge on any atom is -0.336 e. The topological polar surface area (TPSA) is 69.7 Å². The summed E-state index contributed by atoms with van der Waals surface area (Å²) in [6.45, 7) is 9.71. The van der Waals surface area contributed by atoms with Crippen LogP contribution in [0.2, 0.25) is 0 Å². The van der Waals surface area contributed by atoms with Gasteiger partial charge in [0.15, 0.2) is 0 Å². The van der Waals surface area contributed by atoms with Crippen LogP contribution in [0.3, 0.4) is 0 Å². The molecule has 1 amide bonds. The van der Waals surface area contributed by atoms with Crippen LogP contribution in [0.1, 0.15) is 34.0 Å². The number of amides is 1. The largest absolute Gasteiger partial charge is 0.336 e. The van der Waals surface area contributed by atoms with Crippen LogP contribution in [0.25, 0.3) is 0 Å². The zero-order valence-corrected chi connectivity index (χ0v) is 18.1. The molecule has 29 heavy (non-hydrogen) atoms. The minimum atomic E-state index is -3.59. The molecule has 0 radical (unpaired) electrons. The van der Waals surface area contributed by atoms with Crippen molar-refractivity contribution in [2.75, 3.05) is 32.7 Å². The third kappa shape index (κ3) is 5.23. The van der Waals surface area contributed by atoms with Crippen LogP contribution >= 0.6 is 0 Å². The van der Waals surface area contributed by atoms with Gasteiger partial charge in [0, 0.05) is 44.8 Å². The SMILES string of the molecule is CCNS(=O)(=O)c1ccc(C)c(C(=O)N2CCN(Cc3cccc(C)c3)CC2)c1. The molecule has 1 saturated heterocycles. The van der Waals surface area contributed by atoms with Crippen LogP contribution in [0, 0.1) is 13.8 Å². The summed E-state index contributed by atoms with van der Waals surface area (Å²) in [4.78, 5) is 17.4. The number of nitrogens with zero attached hydrogens (tertiary/aromatic N) is 2. The highest BCUT2D eigenvalue weighted by Gasteiger charge is 2.25. The van der Waals surface area contributed by atoms with Gasteiger partial charge in [0.25, 0.3) is 5.91 Å². The van der Waals surface area contributed by atoms with Gasteiger partial charge in [-0.1, -0.05) is 42.8 Å². The standard InChI is InChI=1S/C22H29N3O3S/c1-4-23-29(27,28)20-9-8-18(3)21(15-20)22(26)25-12-10-24(11-13-25)16-19-7-5-6-17(2)14-19/h5-9,14-15,23H,4,10-13,16H2,1-3H3. The number of aryl methyl sites for hydroxylation is 2. The van der Waals surface area contributed by atoms with Crippen molar-refractivity contribution < 1.29 is 13.2 Å². The van der Waals surface area contributed by atoms with Gasteiger partial charge in [-0.05, 0) is 37.1 Å². The van der Waals surface area contributed by atoms with E-state index in [9.17, 15) is 13.2 Å². The molecule has 0 aliphatic carbocycles. The zero-order valence-electron chi connectivity index (χ0n) is 17.3. The second-order valence-electron chi connectivity index (χ2n) is 7.54. The molecule has 3 rings (SSSR count). The summed E-state index contributed by atoms with van der Waals surface area (Å²) in [5, 5.41) is 0. The van der Waals surface area contributed by atoms with E-state index in [4.69, 9.17) is 0 Å². The zero-order chi connectivity index (χ0) is 21.0. The Labute approximate surface area is 173 Å². The Morgan fingerprint density at radius 3 is 2.41 bits per heavy atom. The van der Waals surface area contributed by atoms with E-state index in [0.717, 1.165) is 25.2 Å². The Balaban J connectivity index is 1.67. The van der Waals surface area contributed by atoms with E-state index >= 15 is 0 Å². The molecule has 7 heteroatoms. The number of sulfonamides is 1. The number of carbonyl (C=O) groups excluding carboxylic acids is 1. The highest BCUT2D eigenvalue weighted by atomic mass is 32.2. The molecule has 1 N–H and O–H groups in total. The molecular formula is C22H29N3O3S. The number of piperazine rings is 1. The third-order valence-electron chi connectivity index (χ3n) is 5.23. The summed E-state index contributed by atoms with van der Waals surface area (Å²) in [6, 6.07) is 13.2. The van der Waals surface area contributed by atoms with Crippen molar-refractivity contribution in [3.8, 4) is 0 Å². The first kappa shape index (κ1) is 21.5. The summed E-state index contributed by atoms with van der Waals surface area (Å²) in [5.74, 6) is -0.105. The molecule has 156 valence electrons. The van der Waals surface area contributed by atoms with E-state index in [2.05, 4.69) is 40.8 Å². The van der Waals surface area contributed by atoms with Crippen molar-refractivity contribution in [1.82, 2.24) is 14.5 Å². The molecule has 2 aromatic rings. The molecule has 0 saturated carbocycles. The Morgan fingerprint density at radius 2 is 1.76 bits per heavy atom. The predicted octanol–water partition coefficient (Wildman–Crippen LogP) is 2.56. The molecule has 0 bridgehead atoms. The molecule has 0 unspecified atom stereocenters. The Kier molecular flexibility index (Phi) is 6.72. The normalized spacial score (nSPS) is 15.5. The molecule has 0 atom stereocenters. The van der Waals surface area contributed by atoms with Crippen molar-refractivity contribution >= 4 is 15.9 Å². The number of benzene rings is 2. The molecule has 1 aliphatic rings. The maximum absolute atomic E-state index is 13.1. The average Bonchev–Trinajstić information content (AvgIpc) is 2.68. The Morgan fingerprint density at radius 1 is 1.03 bits per heavy atom. The van der Waals surface area contributed by atoms with Crippen molar-refractivity contribution in [2.45, 2.75) is 32.2 Å². The summed E-state index contributed by atoms with van der Waals surface area (Å²) in [7, 11) is -3.59. The third-order valence-corrected chi connectivity index (χ3v) is 6.78. The first-order valence-electron chi connectivity index (χ1n) is 9.97. The molecular weight excluding hydrogens is 386 g/mol. The van der Waals surface area contributed by atoms with Crippen molar-refractivity contribution in [3.05, 3.63) is 64.7 Å². The van der Waals surface area contributed by atoms with Crippen LogP contribution in [0.5, 0.6) is 0 Å². The lowest BCUT2D eigenvalue weighted by Gasteiger charge is -2.35. The van der Waals surface area contributed by atoms with Crippen LogP contribution in [-0.4, -0.2) is 56.8 Å². The molecule has 1 heterocycles. The van der Waals surface area contributed by atoms with Gasteiger partial charge in [-0.15, -0.1) is 0 Å². The van der Waals surface area contributed by atoms with Crippen molar-refractivity contribution in [1.29, 1.82) is 0 Å². The predicted molar refractivity (Wildman–Crippen MR) is 114 cm³/mol. The van der Waals surface area contributed by atoms with Crippen molar-refractivity contribution in [3.63, 3.8) is 0 Å². The fraction of sp³-hybridized carbons (Fsp3) is 0.409. The average molecular weight is 416 g/mol. The van der Waals surface area contributed by atoms with Gasteiger partial charge >= 0.3 is 0 Å². The smallest absolute Gasteiger partial charge is 0.254 e. The van der Waals surface area contributed by atoms with E-state index in [0.29, 0.717) is 25.2 Å². The van der Waals surface area contributed by atoms with Gasteiger partial charge in [0.2, 0.25) is 10.0 Å². The lowest BCUT2D eigenvalue weighted by atomic mass is 10.1. The number of carbonyl (C=O) groups is 1. The van der Waals surface area contributed by atoms with Crippen LogP contribution < -0.4 is 4.72 Å². The van der Waals surface area contributed by atoms with Crippen molar-refractivity contribution in [2.24, 2.45) is 0 Å². The van der Waals surface area contributed by atoms with Crippen LogP contribution in [0.15, 0.2) is 47.4 Å². The number of hydrogen-bond donors (Lipinski definition) is 1. The van der Waals surface area contributed by atoms with Gasteiger partial charge < -0.3 is 4.90 Å². The molecule has 0 aromatic heterocycles. The molecule has 2 aromatic carbocycles. The maximum atomic E-state index is 13.1. The first-order chi connectivity index (χ1) is 13.8. The summed E-state index contributed by atoms with van der Waals surface area (Å²) in [6.07, 6.45) is 0. The molecule has 6 nitrogen and oxygen atoms in total. The summed E-state index contributed by atoms with van der Waals surface area (Å²) in [5.41, 5.74) is 3.77. The fourth-order valence-electron chi connectivity index (χ4n) is 3.62. The van der Waals surface area contributed by atoms with E-state index in [-0.39, 0.29) is 10.8 Å². The Bertz CT molecular complexity index is 981. The second-order valence-corrected chi connectivity index (χ2v) is 9.30. The van der Waals surface area contributed by atoms with Gasteiger partial charge in [-0.3, -0.25) is 9.69 Å². The second kappa shape index (κ2) is 9.07. The Hall–Kier alpha value is -2.22. The van der Waals surface area contributed by atoms with E-state index in [1.165, 1.54) is 17.2 Å². The molecule has 1 fully saturated rings. The maximum Gasteiger partial charge on any atom is 0.254 e. The quantitative estimate of drug-likeness (QED) is 0.787. The van der Waals surface area contributed by atoms with E-state index < -0.39 is 10.0 Å². The van der Waals surface area contributed by atoms with Crippen LogP contribution in [0.4, 0.5) is 0 Å². The number of rotatable bonds is 6. The highest BCUT2D eigenvalue weighted by molar-refractivity contribution is 7.89. The fourth-order valence-corrected chi connectivity index (χ4v) is 4.69. The lowest BCUT2D eigenvalue weighted by molar-refractivity contribution is 0.0627. The molecule has 1 aliphatic heterocycles.